The molecule has 160 valence electrons. The molecule has 1 saturated heterocycles. The zero-order chi connectivity index (χ0) is 21.8. The molecule has 0 aliphatic carbocycles. The van der Waals surface area contributed by atoms with Crippen molar-refractivity contribution in [1.29, 1.82) is 0 Å². The van der Waals surface area contributed by atoms with E-state index in [1.54, 1.807) is 30.2 Å². The molecule has 1 aromatic heterocycles. The highest BCUT2D eigenvalue weighted by Gasteiger charge is 2.29. The number of nitrogens with two attached hydrogens (primary N) is 1. The summed E-state index contributed by atoms with van der Waals surface area (Å²) in [6, 6.07) is 16.7. The summed E-state index contributed by atoms with van der Waals surface area (Å²) < 4.78 is 11.0. The number of fused-ring (bicyclic) bond motifs is 1. The molecule has 2 heterocycles. The summed E-state index contributed by atoms with van der Waals surface area (Å²) in [6.45, 7) is 1.03. The molecule has 0 radical (unpaired) electrons. The van der Waals surface area contributed by atoms with E-state index < -0.39 is 5.91 Å². The van der Waals surface area contributed by atoms with Crippen LogP contribution in [0.3, 0.4) is 0 Å². The van der Waals surface area contributed by atoms with Crippen molar-refractivity contribution in [3.05, 3.63) is 65.9 Å². The third-order valence-electron chi connectivity index (χ3n) is 5.60. The van der Waals surface area contributed by atoms with Crippen molar-refractivity contribution in [2.24, 2.45) is 5.73 Å². The van der Waals surface area contributed by atoms with Gasteiger partial charge in [0.2, 0.25) is 0 Å². The maximum Gasteiger partial charge on any atom is 0.260 e. The Balaban J connectivity index is 1.51. The van der Waals surface area contributed by atoms with Gasteiger partial charge in [-0.1, -0.05) is 30.3 Å². The van der Waals surface area contributed by atoms with E-state index >= 15 is 0 Å². The Kier molecular flexibility index (Phi) is 6.02. The quantitative estimate of drug-likeness (QED) is 0.662. The Morgan fingerprint density at radius 2 is 1.87 bits per heavy atom. The number of likely N-dealkylation sites (tertiary alicyclic amines) is 1. The van der Waals surface area contributed by atoms with Crippen LogP contribution in [-0.2, 0) is 4.79 Å². The molecular weight excluding hydrogens is 394 g/mol. The number of hydrogen-bond donors (Lipinski definition) is 1. The van der Waals surface area contributed by atoms with Crippen LogP contribution >= 0.6 is 0 Å². The lowest BCUT2D eigenvalue weighted by Crippen LogP contribution is -2.42. The molecular formula is C24H25N3O4. The van der Waals surface area contributed by atoms with Crippen molar-refractivity contribution in [1.82, 2.24) is 9.88 Å². The Morgan fingerprint density at radius 1 is 1.13 bits per heavy atom. The minimum atomic E-state index is -0.504. The maximum atomic E-state index is 12.8. The summed E-state index contributed by atoms with van der Waals surface area (Å²) >= 11 is 0. The SMILES string of the molecule is COc1ccccc1OCC(=O)N1CCCC(c2nc3ccccc3cc2C(N)=O)C1. The molecule has 0 bridgehead atoms. The molecule has 0 spiro atoms. The lowest BCUT2D eigenvalue weighted by atomic mass is 9.90. The van der Waals surface area contributed by atoms with E-state index in [4.69, 9.17) is 20.2 Å². The van der Waals surface area contributed by atoms with Gasteiger partial charge in [-0.25, -0.2) is 0 Å². The first-order valence-corrected chi connectivity index (χ1v) is 10.3. The van der Waals surface area contributed by atoms with Gasteiger partial charge in [0, 0.05) is 24.4 Å². The summed E-state index contributed by atoms with van der Waals surface area (Å²) in [5.41, 5.74) is 7.55. The van der Waals surface area contributed by atoms with Gasteiger partial charge in [-0.3, -0.25) is 14.6 Å². The van der Waals surface area contributed by atoms with E-state index in [0.717, 1.165) is 23.7 Å². The van der Waals surface area contributed by atoms with Crippen LogP contribution < -0.4 is 15.2 Å². The summed E-state index contributed by atoms with van der Waals surface area (Å²) in [5, 5.41) is 0.869. The van der Waals surface area contributed by atoms with Gasteiger partial charge in [0.05, 0.1) is 23.9 Å². The third kappa shape index (κ3) is 4.45. The number of carbonyl (C=O) groups excluding carboxylic acids is 2. The minimum absolute atomic E-state index is 0.0592. The van der Waals surface area contributed by atoms with E-state index in [-0.39, 0.29) is 18.4 Å². The van der Waals surface area contributed by atoms with Gasteiger partial charge in [-0.05, 0) is 37.1 Å². The Labute approximate surface area is 180 Å². The van der Waals surface area contributed by atoms with Crippen LogP contribution in [0.5, 0.6) is 11.5 Å². The number of hydrogen-bond acceptors (Lipinski definition) is 5. The summed E-state index contributed by atoms with van der Waals surface area (Å²) in [5.74, 6) is 0.432. The second-order valence-corrected chi connectivity index (χ2v) is 7.60. The van der Waals surface area contributed by atoms with Gasteiger partial charge in [0.15, 0.2) is 18.1 Å². The number of pyridine rings is 1. The number of primary amides is 1. The van der Waals surface area contributed by atoms with Crippen molar-refractivity contribution in [2.45, 2.75) is 18.8 Å². The number of methoxy groups -OCH3 is 1. The number of carbonyl (C=O) groups is 2. The number of amides is 2. The Hall–Kier alpha value is -3.61. The van der Waals surface area contributed by atoms with E-state index in [0.29, 0.717) is 35.8 Å². The second-order valence-electron chi connectivity index (χ2n) is 7.60. The molecule has 0 saturated carbocycles. The van der Waals surface area contributed by atoms with Gasteiger partial charge in [-0.15, -0.1) is 0 Å². The highest BCUT2D eigenvalue weighted by atomic mass is 16.5. The van der Waals surface area contributed by atoms with Gasteiger partial charge in [0.1, 0.15) is 0 Å². The van der Waals surface area contributed by atoms with Crippen LogP contribution in [0.1, 0.15) is 34.8 Å². The molecule has 1 aliphatic heterocycles. The topological polar surface area (TPSA) is 94.8 Å². The fourth-order valence-electron chi connectivity index (χ4n) is 4.04. The summed E-state index contributed by atoms with van der Waals surface area (Å²) in [7, 11) is 1.56. The van der Waals surface area contributed by atoms with Crippen molar-refractivity contribution >= 4 is 22.7 Å². The number of rotatable bonds is 6. The smallest absolute Gasteiger partial charge is 0.260 e. The zero-order valence-corrected chi connectivity index (χ0v) is 17.4. The monoisotopic (exact) mass is 419 g/mol. The van der Waals surface area contributed by atoms with E-state index in [1.807, 2.05) is 36.4 Å². The van der Waals surface area contributed by atoms with Crippen molar-refractivity contribution < 1.29 is 19.1 Å². The fraction of sp³-hybridized carbons (Fsp3) is 0.292. The molecule has 1 aliphatic rings. The van der Waals surface area contributed by atoms with Gasteiger partial charge >= 0.3 is 0 Å². The molecule has 7 heteroatoms. The fourth-order valence-corrected chi connectivity index (χ4v) is 4.04. The lowest BCUT2D eigenvalue weighted by Gasteiger charge is -2.33. The Morgan fingerprint density at radius 3 is 2.65 bits per heavy atom. The normalized spacial score (nSPS) is 16.2. The number of benzene rings is 2. The molecule has 1 unspecified atom stereocenters. The highest BCUT2D eigenvalue weighted by molar-refractivity contribution is 5.97. The van der Waals surface area contributed by atoms with E-state index in [2.05, 4.69) is 0 Å². The number of para-hydroxylation sites is 3. The van der Waals surface area contributed by atoms with Crippen LogP contribution in [0.2, 0.25) is 0 Å². The third-order valence-corrected chi connectivity index (χ3v) is 5.60. The standard InChI is InChI=1S/C24H25N3O4/c1-30-20-10-4-5-11-21(20)31-15-22(28)27-12-6-8-17(14-27)23-18(24(25)29)13-16-7-2-3-9-19(16)26-23/h2-5,7,9-11,13,17H,6,8,12,14-15H2,1H3,(H2,25,29). The van der Waals surface area contributed by atoms with Crippen molar-refractivity contribution in [2.75, 3.05) is 26.8 Å². The van der Waals surface area contributed by atoms with Gasteiger partial charge < -0.3 is 20.1 Å². The summed E-state index contributed by atoms with van der Waals surface area (Å²) in [4.78, 5) is 31.5. The minimum Gasteiger partial charge on any atom is -0.493 e. The number of nitrogens with zero attached hydrogens (tertiary/aromatic N) is 2. The second kappa shape index (κ2) is 9.04. The molecule has 3 aromatic rings. The molecule has 1 atom stereocenters. The highest BCUT2D eigenvalue weighted by Crippen LogP contribution is 2.30. The lowest BCUT2D eigenvalue weighted by molar-refractivity contribution is -0.134. The maximum absolute atomic E-state index is 12.8. The predicted molar refractivity (Wildman–Crippen MR) is 117 cm³/mol. The molecule has 31 heavy (non-hydrogen) atoms. The Bertz CT molecular complexity index is 1110. The van der Waals surface area contributed by atoms with E-state index in [1.165, 1.54) is 0 Å². The van der Waals surface area contributed by atoms with Crippen LogP contribution in [0.25, 0.3) is 10.9 Å². The first-order valence-electron chi connectivity index (χ1n) is 10.3. The average Bonchev–Trinajstić information content (AvgIpc) is 2.81. The first kappa shape index (κ1) is 20.7. The first-order chi connectivity index (χ1) is 15.1. The number of aromatic nitrogens is 1. The largest absolute Gasteiger partial charge is 0.493 e. The molecule has 2 aromatic carbocycles. The average molecular weight is 419 g/mol. The van der Waals surface area contributed by atoms with Crippen LogP contribution in [0, 0.1) is 0 Å². The van der Waals surface area contributed by atoms with Crippen molar-refractivity contribution in [3.63, 3.8) is 0 Å². The molecule has 4 rings (SSSR count). The summed E-state index contributed by atoms with van der Waals surface area (Å²) in [6.07, 6.45) is 1.65. The number of piperidine rings is 1. The molecule has 2 amide bonds. The predicted octanol–water partition coefficient (Wildman–Crippen LogP) is 3.13. The molecule has 2 N–H and O–H groups in total. The van der Waals surface area contributed by atoms with Crippen LogP contribution in [-0.4, -0.2) is 48.5 Å². The zero-order valence-electron chi connectivity index (χ0n) is 17.4. The van der Waals surface area contributed by atoms with Crippen LogP contribution in [0.15, 0.2) is 54.6 Å². The number of ether oxygens (including phenoxy) is 2. The van der Waals surface area contributed by atoms with Gasteiger partial charge in [-0.2, -0.15) is 0 Å². The van der Waals surface area contributed by atoms with Crippen molar-refractivity contribution in [3.8, 4) is 11.5 Å². The van der Waals surface area contributed by atoms with E-state index in [9.17, 15) is 9.59 Å². The van der Waals surface area contributed by atoms with Crippen LogP contribution in [0.4, 0.5) is 0 Å². The molecule has 7 nitrogen and oxygen atoms in total. The van der Waals surface area contributed by atoms with Gasteiger partial charge in [0.25, 0.3) is 11.8 Å². The molecule has 1 fully saturated rings.